The van der Waals surface area contributed by atoms with Crippen molar-refractivity contribution in [1.29, 1.82) is 0 Å². The Bertz CT molecular complexity index is 433. The summed E-state index contributed by atoms with van der Waals surface area (Å²) in [5, 5.41) is 12.2. The van der Waals surface area contributed by atoms with Crippen LogP contribution < -0.4 is 5.32 Å². The number of carboxylic acid groups (broad SMARTS) is 1. The molecule has 0 bridgehead atoms. The van der Waals surface area contributed by atoms with Crippen LogP contribution in [0.2, 0.25) is 5.02 Å². The zero-order valence-corrected chi connectivity index (χ0v) is 10.6. The Morgan fingerprint density at radius 3 is 2.94 bits per heavy atom. The standard InChI is InChI=1S/C12H15ClN2O3/c13-10-9(12(16)17)1-4-14-11(10)15-7-8-2-5-18-6-3-8/h1,4,8H,2-3,5-7H2,(H,14,15)(H,16,17). The first-order valence-corrected chi connectivity index (χ1v) is 6.25. The molecule has 0 amide bonds. The number of nitrogens with one attached hydrogen (secondary N) is 1. The molecule has 6 heteroatoms. The average Bonchev–Trinajstić information content (AvgIpc) is 2.38. The summed E-state index contributed by atoms with van der Waals surface area (Å²) in [4.78, 5) is 15.0. The highest BCUT2D eigenvalue weighted by Crippen LogP contribution is 2.24. The summed E-state index contributed by atoms with van der Waals surface area (Å²) < 4.78 is 5.28. The van der Waals surface area contributed by atoms with Gasteiger partial charge in [-0.2, -0.15) is 0 Å². The molecule has 1 aliphatic heterocycles. The maximum atomic E-state index is 10.9. The summed E-state index contributed by atoms with van der Waals surface area (Å²) in [5.41, 5.74) is 0.0705. The molecule has 2 rings (SSSR count). The van der Waals surface area contributed by atoms with E-state index >= 15 is 0 Å². The number of halogens is 1. The average molecular weight is 271 g/mol. The molecule has 18 heavy (non-hydrogen) atoms. The van der Waals surface area contributed by atoms with Crippen LogP contribution in [0.15, 0.2) is 12.3 Å². The molecule has 0 spiro atoms. The Hall–Kier alpha value is -1.33. The van der Waals surface area contributed by atoms with Crippen LogP contribution in [0.1, 0.15) is 23.2 Å². The molecule has 1 fully saturated rings. The summed E-state index contributed by atoms with van der Waals surface area (Å²) in [5.74, 6) is -0.0929. The number of carboxylic acids is 1. The number of carbonyl (C=O) groups is 1. The molecule has 98 valence electrons. The van der Waals surface area contributed by atoms with Crippen molar-refractivity contribution in [3.8, 4) is 0 Å². The van der Waals surface area contributed by atoms with Crippen LogP contribution in [-0.2, 0) is 4.74 Å². The summed E-state index contributed by atoms with van der Waals surface area (Å²) in [7, 11) is 0. The molecule has 2 heterocycles. The Balaban J connectivity index is 2.00. The van der Waals surface area contributed by atoms with Crippen molar-refractivity contribution in [2.45, 2.75) is 12.8 Å². The molecular formula is C12H15ClN2O3. The van der Waals surface area contributed by atoms with Crippen LogP contribution in [0.3, 0.4) is 0 Å². The molecule has 1 aliphatic rings. The minimum Gasteiger partial charge on any atom is -0.478 e. The summed E-state index contributed by atoms with van der Waals surface area (Å²) >= 11 is 5.99. The Labute approximate surface area is 110 Å². The highest BCUT2D eigenvalue weighted by atomic mass is 35.5. The van der Waals surface area contributed by atoms with Crippen molar-refractivity contribution < 1.29 is 14.6 Å². The predicted octanol–water partition coefficient (Wildman–Crippen LogP) is 2.27. The quantitative estimate of drug-likeness (QED) is 0.878. The fraction of sp³-hybridized carbons (Fsp3) is 0.500. The molecule has 5 nitrogen and oxygen atoms in total. The first-order chi connectivity index (χ1) is 8.68. The second-order valence-electron chi connectivity index (χ2n) is 4.26. The van der Waals surface area contributed by atoms with Crippen LogP contribution in [-0.4, -0.2) is 35.8 Å². The molecule has 1 aromatic heterocycles. The van der Waals surface area contributed by atoms with Gasteiger partial charge in [0, 0.05) is 26.0 Å². The second kappa shape index (κ2) is 6.02. The molecule has 0 saturated carbocycles. The van der Waals surface area contributed by atoms with E-state index in [2.05, 4.69) is 10.3 Å². The summed E-state index contributed by atoms with van der Waals surface area (Å²) in [6, 6.07) is 1.39. The molecule has 1 saturated heterocycles. The number of hydrogen-bond acceptors (Lipinski definition) is 4. The van der Waals surface area contributed by atoms with E-state index in [9.17, 15) is 4.79 Å². The lowest BCUT2D eigenvalue weighted by molar-refractivity contribution is 0.0696. The number of anilines is 1. The largest absolute Gasteiger partial charge is 0.478 e. The van der Waals surface area contributed by atoms with Gasteiger partial charge in [-0.15, -0.1) is 0 Å². The van der Waals surface area contributed by atoms with E-state index < -0.39 is 5.97 Å². The first-order valence-electron chi connectivity index (χ1n) is 5.88. The first kappa shape index (κ1) is 13.1. The van der Waals surface area contributed by atoms with E-state index in [0.29, 0.717) is 11.7 Å². The van der Waals surface area contributed by atoms with E-state index in [0.717, 1.165) is 32.6 Å². The Kier molecular flexibility index (Phi) is 4.38. The highest BCUT2D eigenvalue weighted by Gasteiger charge is 2.16. The van der Waals surface area contributed by atoms with E-state index in [1.807, 2.05) is 0 Å². The maximum absolute atomic E-state index is 10.9. The molecule has 1 aromatic rings. The van der Waals surface area contributed by atoms with Gasteiger partial charge in [-0.25, -0.2) is 9.78 Å². The number of nitrogens with zero attached hydrogens (tertiary/aromatic N) is 1. The molecule has 0 aliphatic carbocycles. The zero-order chi connectivity index (χ0) is 13.0. The third-order valence-electron chi connectivity index (χ3n) is 3.02. The van der Waals surface area contributed by atoms with Crippen molar-refractivity contribution in [2.75, 3.05) is 25.1 Å². The van der Waals surface area contributed by atoms with Crippen LogP contribution in [0.4, 0.5) is 5.82 Å². The lowest BCUT2D eigenvalue weighted by atomic mass is 10.0. The normalized spacial score (nSPS) is 16.5. The van der Waals surface area contributed by atoms with Gasteiger partial charge in [-0.05, 0) is 24.8 Å². The van der Waals surface area contributed by atoms with Crippen LogP contribution in [0, 0.1) is 5.92 Å². The molecular weight excluding hydrogens is 256 g/mol. The fourth-order valence-electron chi connectivity index (χ4n) is 1.92. The number of rotatable bonds is 4. The number of aromatic carboxylic acids is 1. The third-order valence-corrected chi connectivity index (χ3v) is 3.40. The smallest absolute Gasteiger partial charge is 0.337 e. The van der Waals surface area contributed by atoms with Crippen LogP contribution >= 0.6 is 11.6 Å². The van der Waals surface area contributed by atoms with Gasteiger partial charge in [-0.1, -0.05) is 11.6 Å². The van der Waals surface area contributed by atoms with Gasteiger partial charge >= 0.3 is 5.97 Å². The van der Waals surface area contributed by atoms with Gasteiger partial charge in [0.05, 0.1) is 10.6 Å². The number of ether oxygens (including phenoxy) is 1. The van der Waals surface area contributed by atoms with Gasteiger partial charge in [-0.3, -0.25) is 0 Å². The van der Waals surface area contributed by atoms with E-state index in [1.165, 1.54) is 12.3 Å². The van der Waals surface area contributed by atoms with E-state index in [4.69, 9.17) is 21.4 Å². The zero-order valence-electron chi connectivity index (χ0n) is 9.86. The highest BCUT2D eigenvalue weighted by molar-refractivity contribution is 6.35. The molecule has 0 unspecified atom stereocenters. The third kappa shape index (κ3) is 3.11. The second-order valence-corrected chi connectivity index (χ2v) is 4.64. The van der Waals surface area contributed by atoms with Gasteiger partial charge in [0.2, 0.25) is 0 Å². The fourth-order valence-corrected chi connectivity index (χ4v) is 2.18. The molecule has 0 radical (unpaired) electrons. The number of pyridine rings is 1. The van der Waals surface area contributed by atoms with Gasteiger partial charge in [0.25, 0.3) is 0 Å². The molecule has 2 N–H and O–H groups in total. The van der Waals surface area contributed by atoms with Crippen LogP contribution in [0.5, 0.6) is 0 Å². The molecule has 0 aromatic carbocycles. The van der Waals surface area contributed by atoms with Crippen molar-refractivity contribution in [3.63, 3.8) is 0 Å². The Morgan fingerprint density at radius 2 is 2.28 bits per heavy atom. The predicted molar refractivity (Wildman–Crippen MR) is 68.2 cm³/mol. The van der Waals surface area contributed by atoms with E-state index in [-0.39, 0.29) is 10.6 Å². The Morgan fingerprint density at radius 1 is 1.56 bits per heavy atom. The number of hydrogen-bond donors (Lipinski definition) is 2. The SMILES string of the molecule is O=C(O)c1ccnc(NCC2CCOCC2)c1Cl. The van der Waals surface area contributed by atoms with Crippen LogP contribution in [0.25, 0.3) is 0 Å². The van der Waals surface area contributed by atoms with Gasteiger partial charge < -0.3 is 15.2 Å². The maximum Gasteiger partial charge on any atom is 0.337 e. The van der Waals surface area contributed by atoms with Crippen molar-refractivity contribution in [2.24, 2.45) is 5.92 Å². The lowest BCUT2D eigenvalue weighted by Crippen LogP contribution is -2.23. The molecule has 0 atom stereocenters. The topological polar surface area (TPSA) is 71.5 Å². The lowest BCUT2D eigenvalue weighted by Gasteiger charge is -2.22. The number of aromatic nitrogens is 1. The summed E-state index contributed by atoms with van der Waals surface area (Å²) in [6.07, 6.45) is 3.45. The van der Waals surface area contributed by atoms with E-state index in [1.54, 1.807) is 0 Å². The minimum atomic E-state index is -1.04. The van der Waals surface area contributed by atoms with Crippen molar-refractivity contribution in [1.82, 2.24) is 4.98 Å². The van der Waals surface area contributed by atoms with Crippen molar-refractivity contribution >= 4 is 23.4 Å². The monoisotopic (exact) mass is 270 g/mol. The van der Waals surface area contributed by atoms with Gasteiger partial charge in [0.15, 0.2) is 0 Å². The minimum absolute atomic E-state index is 0.0705. The summed E-state index contributed by atoms with van der Waals surface area (Å²) in [6.45, 7) is 2.30. The van der Waals surface area contributed by atoms with Crippen molar-refractivity contribution in [3.05, 3.63) is 22.8 Å². The van der Waals surface area contributed by atoms with Gasteiger partial charge in [0.1, 0.15) is 5.82 Å².